The van der Waals surface area contributed by atoms with Gasteiger partial charge >= 0.3 is 5.91 Å². The van der Waals surface area contributed by atoms with Crippen LogP contribution >= 0.6 is 11.3 Å². The fourth-order valence-corrected chi connectivity index (χ4v) is 5.40. The Hall–Kier alpha value is -4.84. The van der Waals surface area contributed by atoms with Crippen molar-refractivity contribution in [3.05, 3.63) is 87.7 Å². The van der Waals surface area contributed by atoms with Crippen LogP contribution < -0.4 is 14.4 Å². The Morgan fingerprint density at radius 1 is 1.13 bits per heavy atom. The quantitative estimate of drug-likeness (QED) is 0.106. The third kappa shape index (κ3) is 4.66. The number of hydrogen-bond donors (Lipinski definition) is 1. The Labute approximate surface area is 226 Å². The zero-order valence-electron chi connectivity index (χ0n) is 20.9. The number of pyridine rings is 1. The summed E-state index contributed by atoms with van der Waals surface area (Å²) in [6, 6.07) is 11.3. The average molecular weight is 547 g/mol. The summed E-state index contributed by atoms with van der Waals surface area (Å²) in [5.74, 6) is -1.44. The summed E-state index contributed by atoms with van der Waals surface area (Å²) in [6.45, 7) is 4.33. The minimum Gasteiger partial charge on any atom is -0.507 e. The van der Waals surface area contributed by atoms with Gasteiger partial charge in [0.25, 0.3) is 11.5 Å². The SMILES string of the molecule is CCOc1ccc(/C(O)=C2\C(=O)C(=O)N(c3nc4ccc([N+](=O)[O-])cc4s3)C2c2cccnc2)c(OCC)c1. The molecule has 0 radical (unpaired) electrons. The molecule has 39 heavy (non-hydrogen) atoms. The molecule has 0 bridgehead atoms. The van der Waals surface area contributed by atoms with E-state index in [0.717, 1.165) is 11.3 Å². The number of nitro benzene ring substituents is 1. The molecule has 3 heterocycles. The first kappa shape index (κ1) is 25.8. The van der Waals surface area contributed by atoms with Crippen molar-refractivity contribution in [2.45, 2.75) is 19.9 Å². The normalized spacial score (nSPS) is 16.6. The number of rotatable bonds is 8. The molecule has 0 spiro atoms. The molecule has 1 amide bonds. The molecule has 198 valence electrons. The number of carbonyl (C=O) groups excluding carboxylic acids is 2. The van der Waals surface area contributed by atoms with Crippen LogP contribution in [0.25, 0.3) is 16.0 Å². The molecule has 1 aliphatic heterocycles. The van der Waals surface area contributed by atoms with Crippen molar-refractivity contribution in [2.75, 3.05) is 18.1 Å². The fraction of sp³-hybridized carbons (Fsp3) is 0.185. The molecule has 4 aromatic rings. The molecule has 5 rings (SSSR count). The van der Waals surface area contributed by atoms with Gasteiger partial charge in [0.05, 0.1) is 45.5 Å². The van der Waals surface area contributed by atoms with E-state index in [4.69, 9.17) is 9.47 Å². The number of Topliss-reactive ketones (excluding diaryl/α,β-unsaturated/α-hetero) is 1. The second-order valence-electron chi connectivity index (χ2n) is 8.39. The maximum atomic E-state index is 13.5. The third-order valence-electron chi connectivity index (χ3n) is 6.04. The molecule has 2 aromatic heterocycles. The van der Waals surface area contributed by atoms with Gasteiger partial charge in [-0.2, -0.15) is 0 Å². The number of benzene rings is 2. The number of amides is 1. The number of hydrogen-bond acceptors (Lipinski definition) is 10. The number of nitrogens with zero attached hydrogens (tertiary/aromatic N) is 4. The van der Waals surface area contributed by atoms with E-state index >= 15 is 0 Å². The summed E-state index contributed by atoms with van der Waals surface area (Å²) in [6.07, 6.45) is 3.04. The standard InChI is InChI=1S/C27H22N4O7S/c1-3-37-17-8-9-18(20(13-17)38-4-2)24(32)22-23(15-6-5-11-28-14-15)30(26(34)25(22)33)27-29-19-10-7-16(31(35)36)12-21(19)39-27/h5-14,23,32H,3-4H2,1-2H3/b24-22+. The van der Waals surface area contributed by atoms with Crippen molar-refractivity contribution in [2.24, 2.45) is 0 Å². The predicted octanol–water partition coefficient (Wildman–Crippen LogP) is 5.02. The molecular formula is C27H22N4O7S. The maximum absolute atomic E-state index is 13.5. The number of aliphatic hydroxyl groups is 1. The van der Waals surface area contributed by atoms with Gasteiger partial charge < -0.3 is 14.6 Å². The van der Waals surface area contributed by atoms with E-state index in [0.29, 0.717) is 28.1 Å². The number of fused-ring (bicyclic) bond motifs is 1. The molecule has 1 saturated heterocycles. The number of aliphatic hydroxyl groups excluding tert-OH is 1. The van der Waals surface area contributed by atoms with Crippen LogP contribution in [-0.4, -0.2) is 44.9 Å². The van der Waals surface area contributed by atoms with Gasteiger partial charge in [-0.3, -0.25) is 29.6 Å². The van der Waals surface area contributed by atoms with E-state index in [-0.39, 0.29) is 34.3 Å². The van der Waals surface area contributed by atoms with E-state index < -0.39 is 28.4 Å². The molecule has 2 aromatic carbocycles. The van der Waals surface area contributed by atoms with Gasteiger partial charge in [0.1, 0.15) is 17.3 Å². The number of ether oxygens (including phenoxy) is 2. The topological polar surface area (TPSA) is 145 Å². The Bertz CT molecular complexity index is 1630. The summed E-state index contributed by atoms with van der Waals surface area (Å²) >= 11 is 1.03. The number of anilines is 1. The minimum atomic E-state index is -1.06. The first-order chi connectivity index (χ1) is 18.8. The summed E-state index contributed by atoms with van der Waals surface area (Å²) in [4.78, 5) is 47.5. The number of nitro groups is 1. The summed E-state index contributed by atoms with van der Waals surface area (Å²) < 4.78 is 11.7. The van der Waals surface area contributed by atoms with E-state index in [2.05, 4.69) is 9.97 Å². The summed E-state index contributed by atoms with van der Waals surface area (Å²) in [5, 5.41) is 22.9. The van der Waals surface area contributed by atoms with Crippen LogP contribution in [0.15, 0.2) is 66.5 Å². The molecule has 1 unspecified atom stereocenters. The Kier molecular flexibility index (Phi) is 6.94. The summed E-state index contributed by atoms with van der Waals surface area (Å²) in [7, 11) is 0. The van der Waals surface area contributed by atoms with Crippen LogP contribution in [0.1, 0.15) is 31.0 Å². The Morgan fingerprint density at radius 3 is 2.62 bits per heavy atom. The number of non-ortho nitro benzene ring substituents is 1. The zero-order chi connectivity index (χ0) is 27.7. The molecular weight excluding hydrogens is 524 g/mol. The average Bonchev–Trinajstić information content (AvgIpc) is 3.47. The highest BCUT2D eigenvalue weighted by Gasteiger charge is 2.48. The molecule has 0 aliphatic carbocycles. The van der Waals surface area contributed by atoms with E-state index in [9.17, 15) is 24.8 Å². The van der Waals surface area contributed by atoms with Crippen molar-refractivity contribution in [1.29, 1.82) is 0 Å². The lowest BCUT2D eigenvalue weighted by Gasteiger charge is -2.23. The minimum absolute atomic E-state index is 0.123. The van der Waals surface area contributed by atoms with Crippen LogP contribution in [0.2, 0.25) is 0 Å². The van der Waals surface area contributed by atoms with E-state index in [1.54, 1.807) is 43.5 Å². The van der Waals surface area contributed by atoms with Crippen LogP contribution in [0.4, 0.5) is 10.8 Å². The second kappa shape index (κ2) is 10.5. The van der Waals surface area contributed by atoms with Gasteiger partial charge in [0.15, 0.2) is 5.13 Å². The van der Waals surface area contributed by atoms with Gasteiger partial charge in [0, 0.05) is 30.6 Å². The Balaban J connectivity index is 1.70. The van der Waals surface area contributed by atoms with Gasteiger partial charge in [-0.15, -0.1) is 0 Å². The third-order valence-corrected chi connectivity index (χ3v) is 7.06. The van der Waals surface area contributed by atoms with Crippen molar-refractivity contribution in [3.63, 3.8) is 0 Å². The summed E-state index contributed by atoms with van der Waals surface area (Å²) in [5.41, 5.74) is 0.822. The van der Waals surface area contributed by atoms with Crippen LogP contribution in [-0.2, 0) is 9.59 Å². The first-order valence-electron chi connectivity index (χ1n) is 12.0. The lowest BCUT2D eigenvalue weighted by Crippen LogP contribution is -2.29. The second-order valence-corrected chi connectivity index (χ2v) is 9.39. The van der Waals surface area contributed by atoms with Crippen molar-refractivity contribution >= 4 is 49.8 Å². The number of carbonyl (C=O) groups is 2. The molecule has 1 atom stereocenters. The van der Waals surface area contributed by atoms with E-state index in [1.807, 2.05) is 6.92 Å². The first-order valence-corrected chi connectivity index (χ1v) is 12.8. The fourth-order valence-electron chi connectivity index (χ4n) is 4.38. The Morgan fingerprint density at radius 2 is 1.92 bits per heavy atom. The molecule has 1 fully saturated rings. The molecule has 0 saturated carbocycles. The van der Waals surface area contributed by atoms with Crippen molar-refractivity contribution in [3.8, 4) is 11.5 Å². The number of aromatic nitrogens is 2. The number of ketones is 1. The molecule has 12 heteroatoms. The largest absolute Gasteiger partial charge is 0.507 e. The van der Waals surface area contributed by atoms with Gasteiger partial charge in [-0.1, -0.05) is 17.4 Å². The molecule has 1 N–H and O–H groups in total. The monoisotopic (exact) mass is 546 g/mol. The highest BCUT2D eigenvalue weighted by molar-refractivity contribution is 7.22. The lowest BCUT2D eigenvalue weighted by atomic mass is 9.96. The molecule has 1 aliphatic rings. The predicted molar refractivity (Wildman–Crippen MR) is 144 cm³/mol. The van der Waals surface area contributed by atoms with Crippen LogP contribution in [0, 0.1) is 10.1 Å². The highest BCUT2D eigenvalue weighted by atomic mass is 32.1. The van der Waals surface area contributed by atoms with Gasteiger partial charge in [-0.25, -0.2) is 4.98 Å². The van der Waals surface area contributed by atoms with Crippen molar-refractivity contribution in [1.82, 2.24) is 9.97 Å². The van der Waals surface area contributed by atoms with Gasteiger partial charge in [-0.05, 0) is 43.7 Å². The zero-order valence-corrected chi connectivity index (χ0v) is 21.7. The van der Waals surface area contributed by atoms with E-state index in [1.165, 1.54) is 29.3 Å². The molecule has 11 nitrogen and oxygen atoms in total. The maximum Gasteiger partial charge on any atom is 0.301 e. The lowest BCUT2D eigenvalue weighted by molar-refractivity contribution is -0.384. The highest BCUT2D eigenvalue weighted by Crippen LogP contribution is 2.45. The van der Waals surface area contributed by atoms with Crippen LogP contribution in [0.3, 0.4) is 0 Å². The van der Waals surface area contributed by atoms with Crippen LogP contribution in [0.5, 0.6) is 11.5 Å². The number of thiazole rings is 1. The van der Waals surface area contributed by atoms with Crippen molar-refractivity contribution < 1.29 is 29.1 Å². The smallest absolute Gasteiger partial charge is 0.301 e. The van der Waals surface area contributed by atoms with Gasteiger partial charge in [0.2, 0.25) is 0 Å².